The molecule has 0 aliphatic carbocycles. The molecule has 1 rings (SSSR count). The number of sulfonamides is 1. The summed E-state index contributed by atoms with van der Waals surface area (Å²) in [6, 6.07) is 4.28. The van der Waals surface area contributed by atoms with E-state index in [9.17, 15) is 13.5 Å². The lowest BCUT2D eigenvalue weighted by Gasteiger charge is -2.21. The Morgan fingerprint density at radius 3 is 2.58 bits per heavy atom. The van der Waals surface area contributed by atoms with Gasteiger partial charge in [-0.25, -0.2) is 13.1 Å². The van der Waals surface area contributed by atoms with Crippen LogP contribution >= 0.6 is 23.4 Å². The van der Waals surface area contributed by atoms with Crippen LogP contribution in [0.4, 0.5) is 0 Å². The van der Waals surface area contributed by atoms with Crippen LogP contribution in [-0.4, -0.2) is 37.7 Å². The number of aryl methyl sites for hydroxylation is 1. The number of nitrogens with one attached hydrogen (secondary N) is 1. The fourth-order valence-electron chi connectivity index (χ4n) is 1.74. The highest BCUT2D eigenvalue weighted by molar-refractivity contribution is 7.99. The number of aliphatic hydroxyl groups is 1. The Balaban J connectivity index is 2.98. The minimum Gasteiger partial charge on any atom is -0.395 e. The van der Waals surface area contributed by atoms with Gasteiger partial charge in [-0.2, -0.15) is 11.8 Å². The maximum Gasteiger partial charge on any atom is 0.241 e. The van der Waals surface area contributed by atoms with Gasteiger partial charge in [-0.15, -0.1) is 0 Å². The van der Waals surface area contributed by atoms with Crippen LogP contribution in [0.2, 0.25) is 5.02 Å². The molecule has 0 bridgehead atoms. The molecule has 0 heterocycles. The third-order valence-electron chi connectivity index (χ3n) is 2.81. The minimum absolute atomic E-state index is 0.0789. The average molecular weight is 324 g/mol. The first-order chi connectivity index (χ1) is 8.81. The summed E-state index contributed by atoms with van der Waals surface area (Å²) >= 11 is 7.24. The topological polar surface area (TPSA) is 66.4 Å². The van der Waals surface area contributed by atoms with E-state index in [1.54, 1.807) is 26.0 Å². The van der Waals surface area contributed by atoms with E-state index in [0.717, 1.165) is 0 Å². The molecule has 19 heavy (non-hydrogen) atoms. The molecule has 0 saturated heterocycles. The predicted octanol–water partition coefficient (Wildman–Crippen LogP) is 2.04. The molecule has 0 spiro atoms. The van der Waals surface area contributed by atoms with Gasteiger partial charge in [-0.05, 0) is 43.9 Å². The van der Waals surface area contributed by atoms with Gasteiger partial charge in [0, 0.05) is 16.3 Å². The zero-order chi connectivity index (χ0) is 14.6. The Hall–Kier alpha value is -0.270. The number of aliphatic hydroxyl groups excluding tert-OH is 1. The van der Waals surface area contributed by atoms with E-state index in [1.165, 1.54) is 17.8 Å². The summed E-state index contributed by atoms with van der Waals surface area (Å²) in [5.41, 5.74) is 0.594. The summed E-state index contributed by atoms with van der Waals surface area (Å²) in [6.07, 6.45) is 1.83. The summed E-state index contributed by atoms with van der Waals surface area (Å²) < 4.78 is 27.1. The van der Waals surface area contributed by atoms with Crippen molar-refractivity contribution in [1.29, 1.82) is 0 Å². The molecule has 0 amide bonds. The van der Waals surface area contributed by atoms with Crippen LogP contribution in [0.1, 0.15) is 12.5 Å². The lowest BCUT2D eigenvalue weighted by molar-refractivity contribution is 0.282. The zero-order valence-corrected chi connectivity index (χ0v) is 13.4. The Morgan fingerprint density at radius 2 is 2.11 bits per heavy atom. The second-order valence-corrected chi connectivity index (χ2v) is 7.47. The number of benzene rings is 1. The van der Waals surface area contributed by atoms with Crippen molar-refractivity contribution < 1.29 is 13.5 Å². The van der Waals surface area contributed by atoms with E-state index in [1.807, 2.05) is 6.26 Å². The highest BCUT2D eigenvalue weighted by atomic mass is 35.5. The standard InChI is InChI=1S/C12H18ClNO3S2/c1-8-6-10(13)4-5-12(8)19(16,17)14-9(2)11(7-15)18-3/h4-6,9,11,14-15H,7H2,1-3H3. The molecular formula is C12H18ClNO3S2. The van der Waals surface area contributed by atoms with Gasteiger partial charge in [0.05, 0.1) is 11.5 Å². The highest BCUT2D eigenvalue weighted by Crippen LogP contribution is 2.21. The van der Waals surface area contributed by atoms with Crippen molar-refractivity contribution in [3.05, 3.63) is 28.8 Å². The zero-order valence-electron chi connectivity index (χ0n) is 11.1. The maximum absolute atomic E-state index is 12.3. The molecule has 0 radical (unpaired) electrons. The molecule has 4 nitrogen and oxygen atoms in total. The summed E-state index contributed by atoms with van der Waals surface area (Å²) in [7, 11) is -3.61. The highest BCUT2D eigenvalue weighted by Gasteiger charge is 2.24. The van der Waals surface area contributed by atoms with Crippen molar-refractivity contribution in [3.63, 3.8) is 0 Å². The van der Waals surface area contributed by atoms with Gasteiger partial charge in [-0.3, -0.25) is 0 Å². The largest absolute Gasteiger partial charge is 0.395 e. The predicted molar refractivity (Wildman–Crippen MR) is 80.4 cm³/mol. The number of rotatable bonds is 6. The number of hydrogen-bond donors (Lipinski definition) is 2. The normalized spacial score (nSPS) is 15.2. The average Bonchev–Trinajstić information content (AvgIpc) is 2.29. The Bertz CT molecular complexity index is 530. The first-order valence-electron chi connectivity index (χ1n) is 5.74. The fourth-order valence-corrected chi connectivity index (χ4v) is 4.18. The van der Waals surface area contributed by atoms with Gasteiger partial charge in [0.2, 0.25) is 10.0 Å². The van der Waals surface area contributed by atoms with Gasteiger partial charge in [-0.1, -0.05) is 11.6 Å². The number of thioether (sulfide) groups is 1. The molecule has 0 aromatic heterocycles. The van der Waals surface area contributed by atoms with E-state index in [0.29, 0.717) is 10.6 Å². The quantitative estimate of drug-likeness (QED) is 0.840. The first-order valence-corrected chi connectivity index (χ1v) is 8.89. The van der Waals surface area contributed by atoms with Gasteiger partial charge in [0.1, 0.15) is 0 Å². The molecule has 2 unspecified atom stereocenters. The Kier molecular flexibility index (Phi) is 6.14. The van der Waals surface area contributed by atoms with E-state index in [2.05, 4.69) is 4.72 Å². The molecule has 0 aliphatic rings. The van der Waals surface area contributed by atoms with Crippen LogP contribution in [0.15, 0.2) is 23.1 Å². The Labute approximate surface area is 123 Å². The number of hydrogen-bond acceptors (Lipinski definition) is 4. The third kappa shape index (κ3) is 4.36. The van der Waals surface area contributed by atoms with E-state index < -0.39 is 10.0 Å². The lowest BCUT2D eigenvalue weighted by atomic mass is 10.2. The van der Waals surface area contributed by atoms with Gasteiger partial charge in [0.15, 0.2) is 0 Å². The fraction of sp³-hybridized carbons (Fsp3) is 0.500. The van der Waals surface area contributed by atoms with Crippen molar-refractivity contribution >= 4 is 33.4 Å². The van der Waals surface area contributed by atoms with Crippen LogP contribution < -0.4 is 4.72 Å². The van der Waals surface area contributed by atoms with Crippen LogP contribution in [0, 0.1) is 6.92 Å². The summed E-state index contributed by atoms with van der Waals surface area (Å²) in [4.78, 5) is 0.210. The molecular weight excluding hydrogens is 306 g/mol. The van der Waals surface area contributed by atoms with Gasteiger partial charge in [0.25, 0.3) is 0 Å². The molecule has 1 aromatic rings. The molecule has 2 atom stereocenters. The summed E-state index contributed by atoms with van der Waals surface area (Å²) in [6.45, 7) is 3.36. The number of halogens is 1. The Morgan fingerprint density at radius 1 is 1.47 bits per heavy atom. The first kappa shape index (κ1) is 16.8. The van der Waals surface area contributed by atoms with E-state index in [-0.39, 0.29) is 22.8 Å². The van der Waals surface area contributed by atoms with Crippen LogP contribution in [-0.2, 0) is 10.0 Å². The van der Waals surface area contributed by atoms with Crippen LogP contribution in [0.3, 0.4) is 0 Å². The molecule has 1 aromatic carbocycles. The monoisotopic (exact) mass is 323 g/mol. The SMILES string of the molecule is CSC(CO)C(C)NS(=O)(=O)c1ccc(Cl)cc1C. The molecule has 0 fully saturated rings. The lowest BCUT2D eigenvalue weighted by Crippen LogP contribution is -2.41. The van der Waals surface area contributed by atoms with Crippen molar-refractivity contribution in [2.75, 3.05) is 12.9 Å². The van der Waals surface area contributed by atoms with Gasteiger partial charge >= 0.3 is 0 Å². The molecule has 7 heteroatoms. The second-order valence-electron chi connectivity index (χ2n) is 4.28. The molecule has 2 N–H and O–H groups in total. The third-order valence-corrected chi connectivity index (χ3v) is 5.92. The van der Waals surface area contributed by atoms with E-state index in [4.69, 9.17) is 11.6 Å². The van der Waals surface area contributed by atoms with Crippen molar-refractivity contribution in [3.8, 4) is 0 Å². The smallest absolute Gasteiger partial charge is 0.241 e. The van der Waals surface area contributed by atoms with Crippen LogP contribution in [0.25, 0.3) is 0 Å². The summed E-state index contributed by atoms with van der Waals surface area (Å²) in [5.74, 6) is 0. The van der Waals surface area contributed by atoms with Crippen molar-refractivity contribution in [2.24, 2.45) is 0 Å². The molecule has 108 valence electrons. The maximum atomic E-state index is 12.3. The van der Waals surface area contributed by atoms with Crippen molar-refractivity contribution in [1.82, 2.24) is 4.72 Å². The minimum atomic E-state index is -3.61. The molecule has 0 saturated carbocycles. The van der Waals surface area contributed by atoms with Gasteiger partial charge < -0.3 is 5.11 Å². The van der Waals surface area contributed by atoms with E-state index >= 15 is 0 Å². The summed E-state index contributed by atoms with van der Waals surface area (Å²) in [5, 5.41) is 9.51. The van der Waals surface area contributed by atoms with Crippen molar-refractivity contribution in [2.45, 2.75) is 30.0 Å². The van der Waals surface area contributed by atoms with Crippen LogP contribution in [0.5, 0.6) is 0 Å². The second kappa shape index (κ2) is 6.95. The molecule has 0 aliphatic heterocycles.